The number of nitriles is 1. The Labute approximate surface area is 98.9 Å². The molecule has 0 saturated heterocycles. The van der Waals surface area contributed by atoms with Crippen LogP contribution in [0.5, 0.6) is 5.75 Å². The molecular weight excluding hydrogens is 218 g/mol. The second-order valence-electron chi connectivity index (χ2n) is 3.74. The molecule has 1 N–H and O–H groups in total. The number of aliphatic hydroxyl groups excluding tert-OH is 1. The van der Waals surface area contributed by atoms with Crippen LogP contribution < -0.4 is 4.74 Å². The average molecular weight is 231 g/mol. The SMILES string of the molecule is CCC(O)COc1ccc2c(C#N)cnn2c1. The first-order valence-corrected chi connectivity index (χ1v) is 5.43. The molecule has 1 unspecified atom stereocenters. The van der Waals surface area contributed by atoms with Crippen LogP contribution in [0.25, 0.3) is 5.52 Å². The molecule has 88 valence electrons. The van der Waals surface area contributed by atoms with E-state index in [2.05, 4.69) is 11.2 Å². The number of aliphatic hydroxyl groups is 1. The van der Waals surface area contributed by atoms with Gasteiger partial charge in [0.25, 0.3) is 0 Å². The highest BCUT2D eigenvalue weighted by Crippen LogP contribution is 2.16. The van der Waals surface area contributed by atoms with E-state index < -0.39 is 6.10 Å². The van der Waals surface area contributed by atoms with Gasteiger partial charge in [-0.1, -0.05) is 6.92 Å². The first-order valence-electron chi connectivity index (χ1n) is 5.43. The van der Waals surface area contributed by atoms with Crippen molar-refractivity contribution in [2.45, 2.75) is 19.4 Å². The Balaban J connectivity index is 2.18. The van der Waals surface area contributed by atoms with Gasteiger partial charge in [-0.05, 0) is 18.6 Å². The lowest BCUT2D eigenvalue weighted by Gasteiger charge is -2.10. The van der Waals surface area contributed by atoms with Crippen LogP contribution in [0, 0.1) is 11.3 Å². The minimum Gasteiger partial charge on any atom is -0.489 e. The van der Waals surface area contributed by atoms with Gasteiger partial charge in [0.2, 0.25) is 0 Å². The number of nitrogens with zero attached hydrogens (tertiary/aromatic N) is 3. The van der Waals surface area contributed by atoms with Crippen molar-refractivity contribution in [3.63, 3.8) is 0 Å². The Hall–Kier alpha value is -2.06. The maximum absolute atomic E-state index is 9.38. The van der Waals surface area contributed by atoms with Crippen LogP contribution in [0.3, 0.4) is 0 Å². The maximum Gasteiger partial charge on any atom is 0.137 e. The van der Waals surface area contributed by atoms with E-state index in [1.807, 2.05) is 6.92 Å². The summed E-state index contributed by atoms with van der Waals surface area (Å²) in [6, 6.07) is 5.61. The number of fused-ring (bicyclic) bond motifs is 1. The highest BCUT2D eigenvalue weighted by atomic mass is 16.5. The zero-order valence-corrected chi connectivity index (χ0v) is 9.50. The molecular formula is C12H13N3O2. The summed E-state index contributed by atoms with van der Waals surface area (Å²) in [7, 11) is 0. The van der Waals surface area contributed by atoms with E-state index in [9.17, 15) is 5.11 Å². The molecule has 0 spiro atoms. The van der Waals surface area contributed by atoms with Crippen molar-refractivity contribution in [2.75, 3.05) is 6.61 Å². The topological polar surface area (TPSA) is 70.5 Å². The van der Waals surface area contributed by atoms with Crippen LogP contribution in [0.2, 0.25) is 0 Å². The number of hydrogen-bond donors (Lipinski definition) is 1. The van der Waals surface area contributed by atoms with E-state index in [1.165, 1.54) is 6.20 Å². The molecule has 2 heterocycles. The lowest BCUT2D eigenvalue weighted by molar-refractivity contribution is 0.104. The van der Waals surface area contributed by atoms with Crippen LogP contribution in [-0.4, -0.2) is 27.4 Å². The molecule has 1 atom stereocenters. The minimum absolute atomic E-state index is 0.258. The molecule has 2 rings (SSSR count). The summed E-state index contributed by atoms with van der Waals surface area (Å²) in [5.74, 6) is 0.623. The molecule has 0 aliphatic rings. The Kier molecular flexibility index (Phi) is 3.26. The third kappa shape index (κ3) is 2.37. The van der Waals surface area contributed by atoms with E-state index in [4.69, 9.17) is 10.00 Å². The normalized spacial score (nSPS) is 12.3. The van der Waals surface area contributed by atoms with E-state index >= 15 is 0 Å². The van der Waals surface area contributed by atoms with Crippen molar-refractivity contribution < 1.29 is 9.84 Å². The Bertz CT molecular complexity index is 556. The zero-order chi connectivity index (χ0) is 12.3. The number of ether oxygens (including phenoxy) is 1. The smallest absolute Gasteiger partial charge is 0.137 e. The Morgan fingerprint density at radius 3 is 3.12 bits per heavy atom. The van der Waals surface area contributed by atoms with Crippen LogP contribution in [-0.2, 0) is 0 Å². The van der Waals surface area contributed by atoms with Gasteiger partial charge in [-0.15, -0.1) is 0 Å². The number of pyridine rings is 1. The summed E-state index contributed by atoms with van der Waals surface area (Å²) in [6.45, 7) is 2.15. The first kappa shape index (κ1) is 11.4. The van der Waals surface area contributed by atoms with Gasteiger partial charge >= 0.3 is 0 Å². The summed E-state index contributed by atoms with van der Waals surface area (Å²) in [4.78, 5) is 0. The quantitative estimate of drug-likeness (QED) is 0.862. The van der Waals surface area contributed by atoms with Crippen LogP contribution in [0.1, 0.15) is 18.9 Å². The van der Waals surface area contributed by atoms with Gasteiger partial charge in [0, 0.05) is 0 Å². The highest BCUT2D eigenvalue weighted by molar-refractivity contribution is 5.60. The predicted octanol–water partition coefficient (Wildman–Crippen LogP) is 1.36. The molecule has 2 aromatic heterocycles. The molecule has 0 saturated carbocycles. The van der Waals surface area contributed by atoms with Gasteiger partial charge in [-0.3, -0.25) is 0 Å². The fourth-order valence-electron chi connectivity index (χ4n) is 1.45. The molecule has 0 aliphatic heterocycles. The Morgan fingerprint density at radius 2 is 2.41 bits per heavy atom. The van der Waals surface area contributed by atoms with Crippen molar-refractivity contribution >= 4 is 5.52 Å². The van der Waals surface area contributed by atoms with Gasteiger partial charge in [0.05, 0.1) is 29.6 Å². The fourth-order valence-corrected chi connectivity index (χ4v) is 1.45. The third-order valence-electron chi connectivity index (χ3n) is 2.52. The van der Waals surface area contributed by atoms with Crippen LogP contribution in [0.15, 0.2) is 24.5 Å². The molecule has 0 aliphatic carbocycles. The van der Waals surface area contributed by atoms with Crippen molar-refractivity contribution in [3.05, 3.63) is 30.1 Å². The van der Waals surface area contributed by atoms with Gasteiger partial charge in [0.15, 0.2) is 0 Å². The molecule has 0 bridgehead atoms. The van der Waals surface area contributed by atoms with E-state index in [-0.39, 0.29) is 6.61 Å². The second-order valence-corrected chi connectivity index (χ2v) is 3.74. The lowest BCUT2D eigenvalue weighted by Crippen LogP contribution is -2.16. The molecule has 0 radical (unpaired) electrons. The zero-order valence-electron chi connectivity index (χ0n) is 9.50. The van der Waals surface area contributed by atoms with E-state index in [1.54, 1.807) is 22.8 Å². The van der Waals surface area contributed by atoms with Gasteiger partial charge < -0.3 is 9.84 Å². The van der Waals surface area contributed by atoms with Crippen molar-refractivity contribution in [3.8, 4) is 11.8 Å². The first-order chi connectivity index (χ1) is 8.24. The maximum atomic E-state index is 9.38. The van der Waals surface area contributed by atoms with Crippen LogP contribution >= 0.6 is 0 Å². The van der Waals surface area contributed by atoms with Crippen molar-refractivity contribution in [1.82, 2.24) is 9.61 Å². The summed E-state index contributed by atoms with van der Waals surface area (Å²) in [5, 5.41) is 22.3. The molecule has 2 aromatic rings. The predicted molar refractivity (Wildman–Crippen MR) is 61.7 cm³/mol. The summed E-state index contributed by atoms with van der Waals surface area (Å²) < 4.78 is 7.01. The largest absolute Gasteiger partial charge is 0.489 e. The molecule has 5 nitrogen and oxygen atoms in total. The van der Waals surface area contributed by atoms with Gasteiger partial charge in [-0.25, -0.2) is 4.52 Å². The standard InChI is InChI=1S/C12H13N3O2/c1-2-10(16)8-17-11-3-4-12-9(5-13)6-14-15(12)7-11/h3-4,6-7,10,16H,2,8H2,1H3. The average Bonchev–Trinajstić information content (AvgIpc) is 2.78. The lowest BCUT2D eigenvalue weighted by atomic mass is 10.3. The second kappa shape index (κ2) is 4.85. The van der Waals surface area contributed by atoms with Crippen LogP contribution in [0.4, 0.5) is 0 Å². The number of rotatable bonds is 4. The summed E-state index contributed by atoms with van der Waals surface area (Å²) in [6.07, 6.45) is 3.40. The minimum atomic E-state index is -0.460. The monoisotopic (exact) mass is 231 g/mol. The molecule has 0 fully saturated rings. The number of aromatic nitrogens is 2. The van der Waals surface area contributed by atoms with Gasteiger partial charge in [-0.2, -0.15) is 10.4 Å². The Morgan fingerprint density at radius 1 is 1.59 bits per heavy atom. The van der Waals surface area contributed by atoms with E-state index in [0.29, 0.717) is 17.7 Å². The molecule has 0 amide bonds. The summed E-state index contributed by atoms with van der Waals surface area (Å²) in [5.41, 5.74) is 1.28. The molecule has 5 heteroatoms. The number of hydrogen-bond acceptors (Lipinski definition) is 4. The van der Waals surface area contributed by atoms with Crippen molar-refractivity contribution in [2.24, 2.45) is 0 Å². The summed E-state index contributed by atoms with van der Waals surface area (Å²) >= 11 is 0. The molecule has 17 heavy (non-hydrogen) atoms. The molecule has 0 aromatic carbocycles. The van der Waals surface area contributed by atoms with E-state index in [0.717, 1.165) is 5.52 Å². The van der Waals surface area contributed by atoms with Gasteiger partial charge in [0.1, 0.15) is 18.4 Å². The third-order valence-corrected chi connectivity index (χ3v) is 2.52. The van der Waals surface area contributed by atoms with Crippen molar-refractivity contribution in [1.29, 1.82) is 5.26 Å². The highest BCUT2D eigenvalue weighted by Gasteiger charge is 2.05. The fraction of sp³-hybridized carbons (Fsp3) is 0.333.